The second-order valence-electron chi connectivity index (χ2n) is 4.54. The normalized spacial score (nSPS) is 12.1. The number of hydrogen-bond acceptors (Lipinski definition) is 8. The average molecular weight is 283 g/mol. The van der Waals surface area contributed by atoms with Crippen LogP contribution in [0, 0.1) is 5.92 Å². The molecule has 0 aliphatic heterocycles. The molecule has 8 nitrogen and oxygen atoms in total. The molecule has 0 aliphatic rings. The Bertz CT molecular complexity index is 453. The van der Waals surface area contributed by atoms with Crippen LogP contribution in [0.4, 0.5) is 11.9 Å². The molecule has 0 saturated heterocycles. The van der Waals surface area contributed by atoms with E-state index in [0.717, 1.165) is 6.42 Å². The van der Waals surface area contributed by atoms with Gasteiger partial charge in [0.1, 0.15) is 6.04 Å². The molecular weight excluding hydrogens is 262 g/mol. The Morgan fingerprint density at radius 2 is 2.05 bits per heavy atom. The summed E-state index contributed by atoms with van der Waals surface area (Å²) in [6, 6.07) is -0.435. The van der Waals surface area contributed by atoms with Crippen LogP contribution in [0.25, 0.3) is 0 Å². The summed E-state index contributed by atoms with van der Waals surface area (Å²) in [4.78, 5) is 23.6. The third-order valence-electron chi connectivity index (χ3n) is 2.47. The summed E-state index contributed by atoms with van der Waals surface area (Å²) in [5.41, 5.74) is 5.59. The molecule has 1 rings (SSSR count). The SMILES string of the molecule is CCCOc1nc(N)nc(NC(C(=O)OC)C(C)C)n1. The number of nitrogens with one attached hydrogen (secondary N) is 1. The molecule has 0 amide bonds. The smallest absolute Gasteiger partial charge is 0.328 e. The Hall–Kier alpha value is -2.12. The van der Waals surface area contributed by atoms with E-state index in [-0.39, 0.29) is 23.8 Å². The summed E-state index contributed by atoms with van der Waals surface area (Å²) in [5.74, 6) is -0.177. The van der Waals surface area contributed by atoms with E-state index >= 15 is 0 Å². The number of methoxy groups -OCH3 is 1. The monoisotopic (exact) mass is 283 g/mol. The molecular formula is C12H21N5O3. The lowest BCUT2D eigenvalue weighted by Gasteiger charge is -2.19. The van der Waals surface area contributed by atoms with E-state index in [1.54, 1.807) is 0 Å². The van der Waals surface area contributed by atoms with Crippen LogP contribution < -0.4 is 15.8 Å². The number of rotatable bonds is 7. The minimum absolute atomic E-state index is 0.000417. The lowest BCUT2D eigenvalue weighted by atomic mass is 10.1. The van der Waals surface area contributed by atoms with Gasteiger partial charge in [-0.1, -0.05) is 20.8 Å². The lowest BCUT2D eigenvalue weighted by molar-refractivity contribution is -0.142. The Morgan fingerprint density at radius 1 is 1.35 bits per heavy atom. The van der Waals surface area contributed by atoms with Gasteiger partial charge in [0.15, 0.2) is 0 Å². The molecule has 0 spiro atoms. The molecule has 0 fully saturated rings. The predicted molar refractivity (Wildman–Crippen MR) is 74.3 cm³/mol. The van der Waals surface area contributed by atoms with Crippen molar-refractivity contribution in [2.24, 2.45) is 5.92 Å². The molecule has 0 bridgehead atoms. The number of aromatic nitrogens is 3. The highest BCUT2D eigenvalue weighted by Gasteiger charge is 2.24. The van der Waals surface area contributed by atoms with Gasteiger partial charge in [-0.05, 0) is 12.3 Å². The average Bonchev–Trinajstić information content (AvgIpc) is 2.40. The van der Waals surface area contributed by atoms with Crippen LogP contribution in [0.2, 0.25) is 0 Å². The van der Waals surface area contributed by atoms with Gasteiger partial charge in [-0.25, -0.2) is 4.79 Å². The lowest BCUT2D eigenvalue weighted by Crippen LogP contribution is -2.36. The van der Waals surface area contributed by atoms with Crippen LogP contribution in [0.1, 0.15) is 27.2 Å². The van der Waals surface area contributed by atoms with Crippen molar-refractivity contribution in [3.8, 4) is 6.01 Å². The topological polar surface area (TPSA) is 112 Å². The van der Waals surface area contributed by atoms with E-state index in [1.165, 1.54) is 7.11 Å². The summed E-state index contributed by atoms with van der Waals surface area (Å²) in [7, 11) is 1.33. The van der Waals surface area contributed by atoms with Gasteiger partial charge in [0.25, 0.3) is 0 Å². The number of carbonyl (C=O) groups is 1. The number of nitrogen functional groups attached to an aromatic ring is 1. The van der Waals surface area contributed by atoms with Crippen molar-refractivity contribution < 1.29 is 14.3 Å². The van der Waals surface area contributed by atoms with Crippen LogP contribution in [-0.4, -0.2) is 40.7 Å². The second-order valence-corrected chi connectivity index (χ2v) is 4.54. The molecule has 0 aromatic carbocycles. The van der Waals surface area contributed by atoms with Crippen LogP contribution in [0.15, 0.2) is 0 Å². The minimum Gasteiger partial charge on any atom is -0.467 e. The zero-order valence-corrected chi connectivity index (χ0v) is 12.2. The maximum atomic E-state index is 11.7. The van der Waals surface area contributed by atoms with Gasteiger partial charge < -0.3 is 20.5 Å². The predicted octanol–water partition coefficient (Wildman–Crippen LogP) is 0.852. The van der Waals surface area contributed by atoms with Gasteiger partial charge in [-0.2, -0.15) is 15.0 Å². The highest BCUT2D eigenvalue weighted by Crippen LogP contribution is 2.14. The summed E-state index contributed by atoms with van der Waals surface area (Å²) in [6.07, 6.45) is 0.825. The van der Waals surface area contributed by atoms with Crippen LogP contribution in [-0.2, 0) is 9.53 Å². The van der Waals surface area contributed by atoms with Crippen molar-refractivity contribution in [1.82, 2.24) is 15.0 Å². The zero-order chi connectivity index (χ0) is 15.1. The molecule has 8 heteroatoms. The summed E-state index contributed by atoms with van der Waals surface area (Å²) in [6.45, 7) is 6.21. The highest BCUT2D eigenvalue weighted by molar-refractivity contribution is 5.78. The summed E-state index contributed by atoms with van der Waals surface area (Å²) >= 11 is 0. The quantitative estimate of drug-likeness (QED) is 0.708. The standard InChI is InChI=1S/C12H21N5O3/c1-5-6-20-12-16-10(13)15-11(17-12)14-8(7(2)3)9(18)19-4/h7-8H,5-6H2,1-4H3,(H3,13,14,15,16,17). The molecule has 1 heterocycles. The number of nitrogens with two attached hydrogens (primary N) is 1. The fraction of sp³-hybridized carbons (Fsp3) is 0.667. The molecule has 1 aromatic heterocycles. The Morgan fingerprint density at radius 3 is 2.60 bits per heavy atom. The van der Waals surface area contributed by atoms with E-state index in [4.69, 9.17) is 15.2 Å². The molecule has 3 N–H and O–H groups in total. The molecule has 0 saturated carbocycles. The van der Waals surface area contributed by atoms with Crippen molar-refractivity contribution in [3.63, 3.8) is 0 Å². The van der Waals surface area contributed by atoms with Crippen LogP contribution >= 0.6 is 0 Å². The summed E-state index contributed by atoms with van der Waals surface area (Å²) < 4.78 is 10.0. The summed E-state index contributed by atoms with van der Waals surface area (Å²) in [5, 5.41) is 2.89. The van der Waals surface area contributed by atoms with Crippen molar-refractivity contribution in [2.45, 2.75) is 33.2 Å². The molecule has 0 aliphatic carbocycles. The third kappa shape index (κ3) is 4.52. The molecule has 1 aromatic rings. The van der Waals surface area contributed by atoms with E-state index < -0.39 is 12.0 Å². The maximum Gasteiger partial charge on any atom is 0.328 e. The molecule has 0 radical (unpaired) electrons. The Kier molecular flexibility index (Phi) is 5.95. The van der Waals surface area contributed by atoms with Crippen molar-refractivity contribution in [1.29, 1.82) is 0 Å². The van der Waals surface area contributed by atoms with Crippen LogP contribution in [0.3, 0.4) is 0 Å². The van der Waals surface area contributed by atoms with Gasteiger partial charge in [-0.15, -0.1) is 0 Å². The van der Waals surface area contributed by atoms with E-state index in [2.05, 4.69) is 20.3 Å². The number of hydrogen-bond donors (Lipinski definition) is 2. The number of esters is 1. The van der Waals surface area contributed by atoms with Crippen molar-refractivity contribution >= 4 is 17.9 Å². The van der Waals surface area contributed by atoms with Gasteiger partial charge in [0.05, 0.1) is 13.7 Å². The number of ether oxygens (including phenoxy) is 2. The van der Waals surface area contributed by atoms with E-state index in [0.29, 0.717) is 6.61 Å². The number of carbonyl (C=O) groups excluding carboxylic acids is 1. The van der Waals surface area contributed by atoms with Crippen LogP contribution in [0.5, 0.6) is 6.01 Å². The van der Waals surface area contributed by atoms with Gasteiger partial charge >= 0.3 is 12.0 Å². The molecule has 1 unspecified atom stereocenters. The maximum absolute atomic E-state index is 11.7. The first-order valence-corrected chi connectivity index (χ1v) is 6.46. The van der Waals surface area contributed by atoms with E-state index in [9.17, 15) is 4.79 Å². The largest absolute Gasteiger partial charge is 0.467 e. The minimum atomic E-state index is -0.569. The Labute approximate surface area is 118 Å². The highest BCUT2D eigenvalue weighted by atomic mass is 16.5. The van der Waals surface area contributed by atoms with Gasteiger partial charge in [0.2, 0.25) is 11.9 Å². The number of nitrogens with zero attached hydrogens (tertiary/aromatic N) is 3. The fourth-order valence-electron chi connectivity index (χ4n) is 1.46. The molecule has 20 heavy (non-hydrogen) atoms. The van der Waals surface area contributed by atoms with Gasteiger partial charge in [-0.3, -0.25) is 0 Å². The first-order valence-electron chi connectivity index (χ1n) is 6.46. The molecule has 1 atom stereocenters. The third-order valence-corrected chi connectivity index (χ3v) is 2.47. The fourth-order valence-corrected chi connectivity index (χ4v) is 1.46. The second kappa shape index (κ2) is 7.46. The first kappa shape index (κ1) is 15.9. The number of anilines is 2. The van der Waals surface area contributed by atoms with Crippen molar-refractivity contribution in [3.05, 3.63) is 0 Å². The van der Waals surface area contributed by atoms with Gasteiger partial charge in [0, 0.05) is 0 Å². The zero-order valence-electron chi connectivity index (χ0n) is 12.2. The molecule has 112 valence electrons. The van der Waals surface area contributed by atoms with Crippen molar-refractivity contribution in [2.75, 3.05) is 24.8 Å². The van der Waals surface area contributed by atoms with E-state index in [1.807, 2.05) is 20.8 Å². The Balaban J connectivity index is 2.89. The first-order chi connectivity index (χ1) is 9.47.